The van der Waals surface area contributed by atoms with Gasteiger partial charge in [-0.15, -0.1) is 0 Å². The van der Waals surface area contributed by atoms with Crippen molar-refractivity contribution in [3.05, 3.63) is 34.6 Å². The van der Waals surface area contributed by atoms with Crippen LogP contribution in [0.4, 0.5) is 17.6 Å². The molecule has 6 heteroatoms. The molecule has 0 radical (unpaired) electrons. The number of hydrogen-bond acceptors (Lipinski definition) is 1. The molecule has 2 N–H and O–H groups in total. The molecule has 0 spiro atoms. The molecule has 1 aromatic carbocycles. The van der Waals surface area contributed by atoms with Crippen LogP contribution in [0.3, 0.4) is 0 Å². The van der Waals surface area contributed by atoms with Gasteiger partial charge in [0.15, 0.2) is 0 Å². The number of benzene rings is 1. The highest BCUT2D eigenvalue weighted by molar-refractivity contribution is 6.31. The standard InChI is InChI=1S/C10H10ClF4N/c11-9-6(2-1-3-7(9)12)8(16)4-5-10(13,14)15/h1-3,8H,4-5,16H2. The van der Waals surface area contributed by atoms with Crippen LogP contribution in [0.15, 0.2) is 18.2 Å². The fraction of sp³-hybridized carbons (Fsp3) is 0.400. The van der Waals surface area contributed by atoms with Gasteiger partial charge in [0.25, 0.3) is 0 Å². The highest BCUT2D eigenvalue weighted by Gasteiger charge is 2.28. The van der Waals surface area contributed by atoms with Crippen molar-refractivity contribution in [1.82, 2.24) is 0 Å². The SMILES string of the molecule is NC(CCC(F)(F)F)c1cccc(F)c1Cl. The number of halogens is 5. The lowest BCUT2D eigenvalue weighted by atomic mass is 10.0. The Morgan fingerprint density at radius 3 is 2.50 bits per heavy atom. The van der Waals surface area contributed by atoms with Crippen LogP contribution in [0.5, 0.6) is 0 Å². The maximum atomic E-state index is 13.0. The summed E-state index contributed by atoms with van der Waals surface area (Å²) in [5, 5.41) is -0.211. The van der Waals surface area contributed by atoms with Crippen LogP contribution in [0.25, 0.3) is 0 Å². The molecule has 0 amide bonds. The van der Waals surface area contributed by atoms with Gasteiger partial charge < -0.3 is 5.73 Å². The minimum absolute atomic E-state index is 0.200. The van der Waals surface area contributed by atoms with E-state index in [0.29, 0.717) is 0 Å². The Kier molecular flexibility index (Phi) is 4.15. The molecule has 0 heterocycles. The van der Waals surface area contributed by atoms with E-state index in [4.69, 9.17) is 17.3 Å². The second-order valence-electron chi connectivity index (χ2n) is 3.40. The van der Waals surface area contributed by atoms with E-state index in [2.05, 4.69) is 0 Å². The zero-order chi connectivity index (χ0) is 12.3. The van der Waals surface area contributed by atoms with E-state index in [9.17, 15) is 17.6 Å². The molecule has 1 rings (SSSR count). The molecule has 0 fully saturated rings. The summed E-state index contributed by atoms with van der Waals surface area (Å²) < 4.78 is 48.9. The maximum absolute atomic E-state index is 13.0. The first-order valence-electron chi connectivity index (χ1n) is 4.57. The van der Waals surface area contributed by atoms with Crippen molar-refractivity contribution in [2.45, 2.75) is 25.1 Å². The second kappa shape index (κ2) is 5.01. The third-order valence-corrected chi connectivity index (χ3v) is 2.52. The quantitative estimate of drug-likeness (QED) is 0.817. The molecule has 0 aliphatic carbocycles. The summed E-state index contributed by atoms with van der Waals surface area (Å²) in [6.07, 6.45) is -5.59. The van der Waals surface area contributed by atoms with Crippen LogP contribution in [0.1, 0.15) is 24.4 Å². The summed E-state index contributed by atoms with van der Waals surface area (Å²) in [4.78, 5) is 0. The summed E-state index contributed by atoms with van der Waals surface area (Å²) in [5.74, 6) is -0.679. The lowest BCUT2D eigenvalue weighted by Gasteiger charge is -2.15. The van der Waals surface area contributed by atoms with Gasteiger partial charge >= 0.3 is 6.18 Å². The van der Waals surface area contributed by atoms with Gasteiger partial charge in [-0.3, -0.25) is 0 Å². The number of rotatable bonds is 3. The van der Waals surface area contributed by atoms with E-state index in [-0.39, 0.29) is 17.0 Å². The average molecular weight is 256 g/mol. The van der Waals surface area contributed by atoms with Crippen LogP contribution in [-0.2, 0) is 0 Å². The van der Waals surface area contributed by atoms with Crippen molar-refractivity contribution in [2.75, 3.05) is 0 Å². The van der Waals surface area contributed by atoms with E-state index in [1.807, 2.05) is 0 Å². The van der Waals surface area contributed by atoms with Gasteiger partial charge in [-0.1, -0.05) is 23.7 Å². The molecule has 0 aliphatic heterocycles. The number of hydrogen-bond donors (Lipinski definition) is 1. The Bertz CT molecular complexity index is 364. The van der Waals surface area contributed by atoms with E-state index >= 15 is 0 Å². The van der Waals surface area contributed by atoms with Crippen molar-refractivity contribution >= 4 is 11.6 Å². The normalized spacial score (nSPS) is 13.9. The van der Waals surface area contributed by atoms with Gasteiger partial charge in [0.2, 0.25) is 0 Å². The van der Waals surface area contributed by atoms with Crippen molar-refractivity contribution < 1.29 is 17.6 Å². The van der Waals surface area contributed by atoms with E-state index in [1.54, 1.807) is 0 Å². The summed E-state index contributed by atoms with van der Waals surface area (Å²) in [6, 6.07) is 3.00. The minimum Gasteiger partial charge on any atom is -0.324 e. The van der Waals surface area contributed by atoms with Gasteiger partial charge in [0.1, 0.15) is 5.82 Å². The summed E-state index contributed by atoms with van der Waals surface area (Å²) in [7, 11) is 0. The third kappa shape index (κ3) is 3.64. The molecule has 0 aromatic heterocycles. The van der Waals surface area contributed by atoms with E-state index < -0.39 is 24.5 Å². The molecule has 0 aliphatic rings. The van der Waals surface area contributed by atoms with Crippen molar-refractivity contribution in [3.8, 4) is 0 Å². The average Bonchev–Trinajstić information content (AvgIpc) is 2.17. The van der Waals surface area contributed by atoms with E-state index in [1.165, 1.54) is 12.1 Å². The Balaban J connectivity index is 2.73. The Morgan fingerprint density at radius 1 is 1.31 bits per heavy atom. The molecule has 1 nitrogen and oxygen atoms in total. The zero-order valence-electron chi connectivity index (χ0n) is 8.19. The lowest BCUT2D eigenvalue weighted by Crippen LogP contribution is -2.16. The summed E-state index contributed by atoms with van der Waals surface area (Å²) in [5.41, 5.74) is 5.72. The molecule has 0 bridgehead atoms. The molecule has 1 atom stereocenters. The zero-order valence-corrected chi connectivity index (χ0v) is 8.95. The molecule has 90 valence electrons. The fourth-order valence-corrected chi connectivity index (χ4v) is 1.55. The van der Waals surface area contributed by atoms with Crippen LogP contribution in [0, 0.1) is 5.82 Å². The van der Waals surface area contributed by atoms with Gasteiger partial charge in [0.05, 0.1) is 5.02 Å². The Labute approximate surface area is 95.2 Å². The van der Waals surface area contributed by atoms with Crippen LogP contribution in [0.2, 0.25) is 5.02 Å². The topological polar surface area (TPSA) is 26.0 Å². The van der Waals surface area contributed by atoms with Crippen LogP contribution in [-0.4, -0.2) is 6.18 Å². The molecule has 1 aromatic rings. The summed E-state index contributed by atoms with van der Waals surface area (Å²) >= 11 is 5.60. The van der Waals surface area contributed by atoms with Gasteiger partial charge in [-0.05, 0) is 18.1 Å². The molecule has 0 saturated heterocycles. The van der Waals surface area contributed by atoms with Gasteiger partial charge in [-0.2, -0.15) is 13.2 Å². The predicted molar refractivity (Wildman–Crippen MR) is 53.6 cm³/mol. The molecular formula is C10H10ClF4N. The Hall–Kier alpha value is -0.810. The third-order valence-electron chi connectivity index (χ3n) is 2.12. The maximum Gasteiger partial charge on any atom is 0.389 e. The molecular weight excluding hydrogens is 246 g/mol. The van der Waals surface area contributed by atoms with Gasteiger partial charge in [-0.25, -0.2) is 4.39 Å². The fourth-order valence-electron chi connectivity index (χ4n) is 1.28. The second-order valence-corrected chi connectivity index (χ2v) is 3.78. The van der Waals surface area contributed by atoms with Crippen molar-refractivity contribution in [1.29, 1.82) is 0 Å². The largest absolute Gasteiger partial charge is 0.389 e. The summed E-state index contributed by atoms with van der Waals surface area (Å²) in [6.45, 7) is 0. The van der Waals surface area contributed by atoms with Gasteiger partial charge in [0, 0.05) is 12.5 Å². The smallest absolute Gasteiger partial charge is 0.324 e. The Morgan fingerprint density at radius 2 is 1.94 bits per heavy atom. The predicted octanol–water partition coefficient (Wildman–Crippen LogP) is 3.82. The minimum atomic E-state index is -4.27. The lowest BCUT2D eigenvalue weighted by molar-refractivity contribution is -0.136. The van der Waals surface area contributed by atoms with Crippen LogP contribution < -0.4 is 5.73 Å². The molecule has 16 heavy (non-hydrogen) atoms. The first-order chi connectivity index (χ1) is 7.31. The van der Waals surface area contributed by atoms with Crippen LogP contribution >= 0.6 is 11.6 Å². The first kappa shape index (κ1) is 13.3. The van der Waals surface area contributed by atoms with Crippen molar-refractivity contribution in [3.63, 3.8) is 0 Å². The highest BCUT2D eigenvalue weighted by Crippen LogP contribution is 2.30. The highest BCUT2D eigenvalue weighted by atomic mass is 35.5. The molecule has 1 unspecified atom stereocenters. The first-order valence-corrected chi connectivity index (χ1v) is 4.95. The van der Waals surface area contributed by atoms with Crippen molar-refractivity contribution in [2.24, 2.45) is 5.73 Å². The van der Waals surface area contributed by atoms with E-state index in [0.717, 1.165) is 6.07 Å². The molecule has 0 saturated carbocycles. The number of nitrogens with two attached hydrogens (primary N) is 1. The monoisotopic (exact) mass is 255 g/mol. The number of alkyl halides is 3.